The summed E-state index contributed by atoms with van der Waals surface area (Å²) in [5.41, 5.74) is 0.608. The number of aryl methyl sites for hydroxylation is 1. The lowest BCUT2D eigenvalue weighted by molar-refractivity contribution is -0.154. The van der Waals surface area contributed by atoms with Gasteiger partial charge in [0.15, 0.2) is 0 Å². The molecule has 1 aliphatic heterocycles. The van der Waals surface area contributed by atoms with Gasteiger partial charge in [0.2, 0.25) is 0 Å². The van der Waals surface area contributed by atoms with E-state index in [9.17, 15) is 9.90 Å². The zero-order valence-corrected chi connectivity index (χ0v) is 13.4. The molecule has 0 aromatic carbocycles. The first-order chi connectivity index (χ1) is 10.0. The number of hydrogen-bond acceptors (Lipinski definition) is 3. The molecule has 2 unspecified atom stereocenters. The Hall–Kier alpha value is -1.36. The topological polar surface area (TPSA) is 58.4 Å². The van der Waals surface area contributed by atoms with E-state index < -0.39 is 11.4 Å². The number of carboxylic acids is 1. The zero-order valence-electron chi connectivity index (χ0n) is 13.4. The molecule has 0 spiro atoms. The summed E-state index contributed by atoms with van der Waals surface area (Å²) < 4.78 is 1.92. The second-order valence-corrected chi connectivity index (χ2v) is 6.21. The number of aliphatic carboxylic acids is 1. The van der Waals surface area contributed by atoms with E-state index in [-0.39, 0.29) is 6.04 Å². The Morgan fingerprint density at radius 1 is 1.52 bits per heavy atom. The molecule has 1 aliphatic rings. The van der Waals surface area contributed by atoms with Crippen LogP contribution >= 0.6 is 0 Å². The predicted molar refractivity (Wildman–Crippen MR) is 82.1 cm³/mol. The monoisotopic (exact) mass is 293 g/mol. The number of piperidine rings is 1. The van der Waals surface area contributed by atoms with Crippen LogP contribution in [0.25, 0.3) is 0 Å². The fourth-order valence-electron chi connectivity index (χ4n) is 3.44. The zero-order chi connectivity index (χ0) is 15.5. The van der Waals surface area contributed by atoms with Gasteiger partial charge < -0.3 is 5.11 Å². The highest BCUT2D eigenvalue weighted by molar-refractivity contribution is 5.75. The molecule has 2 heterocycles. The van der Waals surface area contributed by atoms with Gasteiger partial charge in [0.1, 0.15) is 0 Å². The molecule has 1 aromatic rings. The fourth-order valence-corrected chi connectivity index (χ4v) is 3.44. The first kappa shape index (κ1) is 16.0. The molecule has 1 aromatic heterocycles. The van der Waals surface area contributed by atoms with Crippen molar-refractivity contribution in [3.8, 4) is 0 Å². The Bertz CT molecular complexity index is 482. The van der Waals surface area contributed by atoms with Gasteiger partial charge in [-0.05, 0) is 39.7 Å². The first-order valence-electron chi connectivity index (χ1n) is 8.02. The summed E-state index contributed by atoms with van der Waals surface area (Å²) in [6, 6.07) is 0.223. The molecule has 118 valence electrons. The smallest absolute Gasteiger partial charge is 0.310 e. The molecule has 1 saturated heterocycles. The Morgan fingerprint density at radius 3 is 2.86 bits per heavy atom. The average molecular weight is 293 g/mol. The fraction of sp³-hybridized carbons (Fsp3) is 0.750. The number of aromatic nitrogens is 2. The highest BCUT2D eigenvalue weighted by Crippen LogP contribution is 2.38. The molecule has 5 heteroatoms. The number of nitrogens with zero attached hydrogens (tertiary/aromatic N) is 3. The molecule has 0 amide bonds. The van der Waals surface area contributed by atoms with Crippen LogP contribution in [0.1, 0.15) is 58.1 Å². The number of carbonyl (C=O) groups is 1. The van der Waals surface area contributed by atoms with E-state index in [1.807, 2.05) is 10.9 Å². The molecule has 0 saturated carbocycles. The maximum absolute atomic E-state index is 11.8. The third kappa shape index (κ3) is 3.28. The van der Waals surface area contributed by atoms with Gasteiger partial charge in [0, 0.05) is 30.9 Å². The van der Waals surface area contributed by atoms with Crippen molar-refractivity contribution in [1.29, 1.82) is 0 Å². The summed E-state index contributed by atoms with van der Waals surface area (Å²) in [6.45, 7) is 8.77. The standard InChI is InChI=1S/C16H27N3O2/c1-4-7-16(15(20)21)8-6-9-18(12-16)13(3)14-10-17-19(5-2)11-14/h10-11,13H,4-9,12H2,1-3H3,(H,20,21). The summed E-state index contributed by atoms with van der Waals surface area (Å²) in [7, 11) is 0. The normalized spacial score (nSPS) is 24.9. The van der Waals surface area contributed by atoms with Crippen LogP contribution in [0.4, 0.5) is 0 Å². The minimum absolute atomic E-state index is 0.223. The highest BCUT2D eigenvalue weighted by Gasteiger charge is 2.42. The van der Waals surface area contributed by atoms with Crippen molar-refractivity contribution < 1.29 is 9.90 Å². The minimum Gasteiger partial charge on any atom is -0.481 e. The largest absolute Gasteiger partial charge is 0.481 e. The summed E-state index contributed by atoms with van der Waals surface area (Å²) in [5, 5.41) is 14.0. The van der Waals surface area contributed by atoms with Crippen molar-refractivity contribution in [2.24, 2.45) is 5.41 Å². The van der Waals surface area contributed by atoms with Crippen molar-refractivity contribution in [3.63, 3.8) is 0 Å². The van der Waals surface area contributed by atoms with Gasteiger partial charge in [-0.3, -0.25) is 14.4 Å². The van der Waals surface area contributed by atoms with Gasteiger partial charge in [-0.1, -0.05) is 13.3 Å². The minimum atomic E-state index is -0.634. The van der Waals surface area contributed by atoms with E-state index in [1.54, 1.807) is 0 Å². The van der Waals surface area contributed by atoms with Crippen LogP contribution in [-0.2, 0) is 11.3 Å². The molecular formula is C16H27N3O2. The van der Waals surface area contributed by atoms with Crippen LogP contribution in [0.2, 0.25) is 0 Å². The maximum atomic E-state index is 11.8. The van der Waals surface area contributed by atoms with Gasteiger partial charge in [-0.15, -0.1) is 0 Å². The van der Waals surface area contributed by atoms with E-state index in [0.717, 1.165) is 38.8 Å². The van der Waals surface area contributed by atoms with Gasteiger partial charge in [-0.25, -0.2) is 0 Å². The average Bonchev–Trinajstić information content (AvgIpc) is 2.96. The predicted octanol–water partition coefficient (Wildman–Crippen LogP) is 2.93. The van der Waals surface area contributed by atoms with Crippen LogP contribution < -0.4 is 0 Å². The van der Waals surface area contributed by atoms with E-state index in [2.05, 4.69) is 37.0 Å². The lowest BCUT2D eigenvalue weighted by Gasteiger charge is -2.42. The van der Waals surface area contributed by atoms with Gasteiger partial charge in [0.25, 0.3) is 0 Å². The van der Waals surface area contributed by atoms with Crippen LogP contribution in [0.5, 0.6) is 0 Å². The van der Waals surface area contributed by atoms with Crippen molar-refractivity contribution in [1.82, 2.24) is 14.7 Å². The number of rotatable bonds is 6. The molecule has 1 fully saturated rings. The summed E-state index contributed by atoms with van der Waals surface area (Å²) in [6.07, 6.45) is 7.42. The van der Waals surface area contributed by atoms with Gasteiger partial charge in [0.05, 0.1) is 11.6 Å². The van der Waals surface area contributed by atoms with E-state index in [1.165, 1.54) is 5.56 Å². The lowest BCUT2D eigenvalue weighted by atomic mass is 9.76. The third-order valence-electron chi connectivity index (χ3n) is 4.80. The van der Waals surface area contributed by atoms with E-state index >= 15 is 0 Å². The van der Waals surface area contributed by atoms with Crippen molar-refractivity contribution >= 4 is 5.97 Å². The quantitative estimate of drug-likeness (QED) is 0.876. The van der Waals surface area contributed by atoms with Crippen LogP contribution in [0, 0.1) is 5.41 Å². The summed E-state index contributed by atoms with van der Waals surface area (Å²) in [4.78, 5) is 14.1. The Labute approximate surface area is 126 Å². The Balaban J connectivity index is 2.14. The van der Waals surface area contributed by atoms with Crippen LogP contribution in [0.3, 0.4) is 0 Å². The van der Waals surface area contributed by atoms with Gasteiger partial charge in [-0.2, -0.15) is 5.10 Å². The van der Waals surface area contributed by atoms with Crippen LogP contribution in [0.15, 0.2) is 12.4 Å². The molecule has 2 rings (SSSR count). The molecular weight excluding hydrogens is 266 g/mol. The van der Waals surface area contributed by atoms with Crippen molar-refractivity contribution in [2.45, 2.75) is 59.0 Å². The van der Waals surface area contributed by atoms with Crippen molar-refractivity contribution in [3.05, 3.63) is 18.0 Å². The Morgan fingerprint density at radius 2 is 2.29 bits per heavy atom. The molecule has 2 atom stereocenters. The molecule has 0 radical (unpaired) electrons. The summed E-state index contributed by atoms with van der Waals surface area (Å²) in [5.74, 6) is -0.634. The van der Waals surface area contributed by atoms with Crippen LogP contribution in [-0.4, -0.2) is 38.8 Å². The SMILES string of the molecule is CCCC1(C(=O)O)CCCN(C(C)c2cnn(CC)c2)C1. The molecule has 0 bridgehead atoms. The maximum Gasteiger partial charge on any atom is 0.310 e. The molecule has 1 N–H and O–H groups in total. The second-order valence-electron chi connectivity index (χ2n) is 6.21. The lowest BCUT2D eigenvalue weighted by Crippen LogP contribution is -2.48. The molecule has 21 heavy (non-hydrogen) atoms. The first-order valence-corrected chi connectivity index (χ1v) is 8.02. The summed E-state index contributed by atoms with van der Waals surface area (Å²) >= 11 is 0. The van der Waals surface area contributed by atoms with E-state index in [4.69, 9.17) is 0 Å². The molecule has 5 nitrogen and oxygen atoms in total. The Kier molecular flexibility index (Phi) is 5.04. The molecule has 0 aliphatic carbocycles. The van der Waals surface area contributed by atoms with E-state index in [0.29, 0.717) is 6.54 Å². The third-order valence-corrected chi connectivity index (χ3v) is 4.80. The van der Waals surface area contributed by atoms with Gasteiger partial charge >= 0.3 is 5.97 Å². The number of carboxylic acid groups (broad SMARTS) is 1. The number of likely N-dealkylation sites (tertiary alicyclic amines) is 1. The highest BCUT2D eigenvalue weighted by atomic mass is 16.4. The second kappa shape index (κ2) is 6.60. The van der Waals surface area contributed by atoms with Crippen molar-refractivity contribution in [2.75, 3.05) is 13.1 Å². The number of hydrogen-bond donors (Lipinski definition) is 1.